The monoisotopic (exact) mass is 515 g/mol. The smallest absolute Gasteiger partial charge is 0.251 e. The predicted octanol–water partition coefficient (Wildman–Crippen LogP) is 5.47. The number of amides is 2. The molecule has 176 valence electrons. The molecular weight excluding hydrogens is 493 g/mol. The maximum Gasteiger partial charge on any atom is 0.251 e. The number of hydrogen-bond donors (Lipinski definition) is 1. The molecule has 3 aromatic rings. The van der Waals surface area contributed by atoms with Crippen LogP contribution in [-0.4, -0.2) is 42.9 Å². The molecule has 34 heavy (non-hydrogen) atoms. The fourth-order valence-corrected chi connectivity index (χ4v) is 4.55. The number of carbonyl (C=O) groups excluding carboxylic acids is 2. The molecule has 1 heterocycles. The van der Waals surface area contributed by atoms with Gasteiger partial charge in [0.2, 0.25) is 5.91 Å². The minimum atomic E-state index is -0.129. The maximum absolute atomic E-state index is 12.8. The third-order valence-corrected chi connectivity index (χ3v) is 6.84. The Bertz CT molecular complexity index is 1140. The Hall–Kier alpha value is -2.73. The molecule has 1 aliphatic rings. The number of rotatable bonds is 6. The zero-order valence-corrected chi connectivity index (χ0v) is 20.7. The SMILES string of the molecule is O=C(NCc1ccc(Cl)cc1)c1ccc(N2CCN(C(=O)Cc3c(Cl)cccc3Cl)CC2)cc1. The Morgan fingerprint density at radius 1 is 0.794 bits per heavy atom. The molecule has 5 nitrogen and oxygen atoms in total. The Labute approximate surface area is 214 Å². The van der Waals surface area contributed by atoms with Crippen molar-refractivity contribution in [2.45, 2.75) is 13.0 Å². The highest BCUT2D eigenvalue weighted by atomic mass is 35.5. The number of nitrogens with one attached hydrogen (secondary N) is 1. The zero-order valence-electron chi connectivity index (χ0n) is 18.4. The lowest BCUT2D eigenvalue weighted by atomic mass is 10.1. The van der Waals surface area contributed by atoms with Crippen molar-refractivity contribution in [1.29, 1.82) is 0 Å². The van der Waals surface area contributed by atoms with Crippen LogP contribution in [-0.2, 0) is 17.8 Å². The highest BCUT2D eigenvalue weighted by Gasteiger charge is 2.23. The van der Waals surface area contributed by atoms with Crippen LogP contribution in [0.2, 0.25) is 15.1 Å². The molecule has 2 amide bonds. The van der Waals surface area contributed by atoms with Gasteiger partial charge in [-0.05, 0) is 59.7 Å². The van der Waals surface area contributed by atoms with Gasteiger partial charge in [-0.2, -0.15) is 0 Å². The fraction of sp³-hybridized carbons (Fsp3) is 0.231. The van der Waals surface area contributed by atoms with Crippen molar-refractivity contribution >= 4 is 52.3 Å². The highest BCUT2D eigenvalue weighted by molar-refractivity contribution is 6.36. The Balaban J connectivity index is 1.28. The first kappa shape index (κ1) is 24.4. The molecule has 0 atom stereocenters. The molecule has 0 aromatic heterocycles. The first-order valence-corrected chi connectivity index (χ1v) is 12.1. The summed E-state index contributed by atoms with van der Waals surface area (Å²) in [6.07, 6.45) is 0.193. The van der Waals surface area contributed by atoms with E-state index < -0.39 is 0 Å². The molecule has 0 aliphatic carbocycles. The Morgan fingerprint density at radius 3 is 2.03 bits per heavy atom. The van der Waals surface area contributed by atoms with E-state index >= 15 is 0 Å². The van der Waals surface area contributed by atoms with Crippen LogP contribution >= 0.6 is 34.8 Å². The molecule has 8 heteroatoms. The van der Waals surface area contributed by atoms with E-state index in [0.29, 0.717) is 58.9 Å². The summed E-state index contributed by atoms with van der Waals surface area (Å²) in [6.45, 7) is 3.09. The second kappa shape index (κ2) is 11.1. The second-order valence-electron chi connectivity index (χ2n) is 8.10. The van der Waals surface area contributed by atoms with Crippen LogP contribution in [0.15, 0.2) is 66.7 Å². The average molecular weight is 517 g/mol. The predicted molar refractivity (Wildman–Crippen MR) is 138 cm³/mol. The maximum atomic E-state index is 12.8. The third-order valence-electron chi connectivity index (χ3n) is 5.88. The molecule has 3 aromatic carbocycles. The van der Waals surface area contributed by atoms with Crippen LogP contribution in [0.4, 0.5) is 5.69 Å². The van der Waals surface area contributed by atoms with Gasteiger partial charge in [-0.15, -0.1) is 0 Å². The van der Waals surface area contributed by atoms with E-state index in [1.165, 1.54) is 0 Å². The summed E-state index contributed by atoms with van der Waals surface area (Å²) in [7, 11) is 0. The van der Waals surface area contributed by atoms with Gasteiger partial charge < -0.3 is 15.1 Å². The number of hydrogen-bond acceptors (Lipinski definition) is 3. The third kappa shape index (κ3) is 6.03. The number of halogens is 3. The molecule has 0 saturated carbocycles. The van der Waals surface area contributed by atoms with Gasteiger partial charge in [0, 0.05) is 59.0 Å². The normalized spacial score (nSPS) is 13.6. The first-order chi connectivity index (χ1) is 16.4. The van der Waals surface area contributed by atoms with E-state index in [4.69, 9.17) is 34.8 Å². The first-order valence-electron chi connectivity index (χ1n) is 11.0. The number of anilines is 1. The lowest BCUT2D eigenvalue weighted by molar-refractivity contribution is -0.130. The molecular formula is C26H24Cl3N3O2. The van der Waals surface area contributed by atoms with Crippen molar-refractivity contribution in [3.05, 3.63) is 98.5 Å². The Kier molecular flexibility index (Phi) is 7.99. The topological polar surface area (TPSA) is 52.7 Å². The van der Waals surface area contributed by atoms with Crippen LogP contribution in [0.5, 0.6) is 0 Å². The number of piperazine rings is 1. The van der Waals surface area contributed by atoms with Gasteiger partial charge in [0.05, 0.1) is 6.42 Å². The quantitative estimate of drug-likeness (QED) is 0.473. The molecule has 1 aliphatic heterocycles. The molecule has 4 rings (SSSR count). The summed E-state index contributed by atoms with van der Waals surface area (Å²) in [5, 5.41) is 4.61. The molecule has 1 fully saturated rings. The molecule has 1 saturated heterocycles. The molecule has 0 spiro atoms. The van der Waals surface area contributed by atoms with Gasteiger partial charge >= 0.3 is 0 Å². The van der Waals surface area contributed by atoms with Crippen molar-refractivity contribution in [2.75, 3.05) is 31.1 Å². The summed E-state index contributed by atoms with van der Waals surface area (Å²) in [4.78, 5) is 29.3. The minimum absolute atomic E-state index is 0.0161. The van der Waals surface area contributed by atoms with Crippen molar-refractivity contribution in [3.8, 4) is 0 Å². The lowest BCUT2D eigenvalue weighted by Gasteiger charge is -2.36. The minimum Gasteiger partial charge on any atom is -0.368 e. The van der Waals surface area contributed by atoms with Gasteiger partial charge in [-0.3, -0.25) is 9.59 Å². The van der Waals surface area contributed by atoms with Gasteiger partial charge in [-0.1, -0.05) is 53.0 Å². The van der Waals surface area contributed by atoms with E-state index in [-0.39, 0.29) is 18.2 Å². The van der Waals surface area contributed by atoms with Gasteiger partial charge in [0.25, 0.3) is 5.91 Å². The van der Waals surface area contributed by atoms with E-state index in [0.717, 1.165) is 11.3 Å². The van der Waals surface area contributed by atoms with Crippen molar-refractivity contribution in [1.82, 2.24) is 10.2 Å². The van der Waals surface area contributed by atoms with Crippen molar-refractivity contribution in [3.63, 3.8) is 0 Å². The summed E-state index contributed by atoms with van der Waals surface area (Å²) < 4.78 is 0. The van der Waals surface area contributed by atoms with Crippen LogP contribution in [0.25, 0.3) is 0 Å². The number of nitrogens with zero attached hydrogens (tertiary/aromatic N) is 2. The van der Waals surface area contributed by atoms with Crippen LogP contribution in [0.3, 0.4) is 0 Å². The number of carbonyl (C=O) groups is 2. The standard InChI is InChI=1S/C26H24Cl3N3O2/c27-20-8-4-18(5-9-20)17-30-26(34)19-6-10-21(11-7-19)31-12-14-32(15-13-31)25(33)16-22-23(28)2-1-3-24(22)29/h1-11H,12-17H2,(H,30,34). The van der Waals surface area contributed by atoms with Gasteiger partial charge in [0.15, 0.2) is 0 Å². The van der Waals surface area contributed by atoms with Crippen molar-refractivity contribution < 1.29 is 9.59 Å². The van der Waals surface area contributed by atoms with E-state index in [1.807, 2.05) is 41.3 Å². The summed E-state index contributed by atoms with van der Waals surface area (Å²) in [6, 6.07) is 20.2. The zero-order chi connectivity index (χ0) is 24.1. The lowest BCUT2D eigenvalue weighted by Crippen LogP contribution is -2.49. The summed E-state index contributed by atoms with van der Waals surface area (Å²) >= 11 is 18.3. The van der Waals surface area contributed by atoms with Crippen LogP contribution in [0, 0.1) is 0 Å². The van der Waals surface area contributed by atoms with Gasteiger partial charge in [0.1, 0.15) is 0 Å². The highest BCUT2D eigenvalue weighted by Crippen LogP contribution is 2.25. The van der Waals surface area contributed by atoms with Crippen LogP contribution < -0.4 is 10.2 Å². The average Bonchev–Trinajstić information content (AvgIpc) is 2.86. The van der Waals surface area contributed by atoms with E-state index in [9.17, 15) is 9.59 Å². The second-order valence-corrected chi connectivity index (χ2v) is 9.35. The molecule has 1 N–H and O–H groups in total. The largest absolute Gasteiger partial charge is 0.368 e. The molecule has 0 unspecified atom stereocenters. The summed E-state index contributed by atoms with van der Waals surface area (Å²) in [5.41, 5.74) is 3.28. The molecule has 0 radical (unpaired) electrons. The number of benzene rings is 3. The molecule has 0 bridgehead atoms. The summed E-state index contributed by atoms with van der Waals surface area (Å²) in [5.74, 6) is -0.113. The van der Waals surface area contributed by atoms with Gasteiger partial charge in [-0.25, -0.2) is 0 Å². The Morgan fingerprint density at radius 2 is 1.41 bits per heavy atom. The van der Waals surface area contributed by atoms with E-state index in [2.05, 4.69) is 10.2 Å². The van der Waals surface area contributed by atoms with Crippen molar-refractivity contribution in [2.24, 2.45) is 0 Å². The van der Waals surface area contributed by atoms with Crippen LogP contribution in [0.1, 0.15) is 21.5 Å². The van der Waals surface area contributed by atoms with E-state index in [1.54, 1.807) is 30.3 Å². The fourth-order valence-electron chi connectivity index (χ4n) is 3.89.